The van der Waals surface area contributed by atoms with Gasteiger partial charge in [0, 0.05) is 50.4 Å². The summed E-state index contributed by atoms with van der Waals surface area (Å²) in [5, 5.41) is 4.96. The number of ether oxygens (including phenoxy) is 1. The fraction of sp³-hybridized carbons (Fsp3) is 0.250. The van der Waals surface area contributed by atoms with Gasteiger partial charge in [-0.2, -0.15) is 0 Å². The van der Waals surface area contributed by atoms with Crippen molar-refractivity contribution in [2.75, 3.05) is 26.2 Å². The first-order valence-corrected chi connectivity index (χ1v) is 13.0. The summed E-state index contributed by atoms with van der Waals surface area (Å²) in [5.41, 5.74) is 1.56. The number of likely N-dealkylation sites (tertiary alicyclic amines) is 1. The Labute approximate surface area is 213 Å². The number of fused-ring (bicyclic) bond motifs is 2. The summed E-state index contributed by atoms with van der Waals surface area (Å²) in [4.78, 5) is 25.3. The van der Waals surface area contributed by atoms with Gasteiger partial charge < -0.3 is 19.5 Å². The molecular weight excluding hydrogens is 470 g/mol. The van der Waals surface area contributed by atoms with E-state index in [9.17, 15) is 4.79 Å². The lowest BCUT2D eigenvalue weighted by molar-refractivity contribution is 0.0951. The number of pyridine rings is 1. The molecule has 1 fully saturated rings. The average molecular weight is 498 g/mol. The number of aryl methyl sites for hydroxylation is 1. The van der Waals surface area contributed by atoms with E-state index in [4.69, 9.17) is 4.74 Å². The van der Waals surface area contributed by atoms with Crippen LogP contribution in [0.2, 0.25) is 0 Å². The van der Waals surface area contributed by atoms with E-state index in [0.717, 1.165) is 57.1 Å². The van der Waals surface area contributed by atoms with Crippen LogP contribution in [-0.2, 0) is 7.05 Å². The highest BCUT2D eigenvalue weighted by atomic mass is 32.1. The second kappa shape index (κ2) is 9.72. The molecule has 0 spiro atoms. The van der Waals surface area contributed by atoms with Crippen LogP contribution < -0.4 is 10.1 Å². The molecule has 0 radical (unpaired) electrons. The molecule has 3 aromatic heterocycles. The monoisotopic (exact) mass is 497 g/mol. The van der Waals surface area contributed by atoms with Crippen molar-refractivity contribution >= 4 is 38.2 Å². The Hall–Kier alpha value is -3.75. The molecule has 0 atom stereocenters. The minimum Gasteiger partial charge on any atom is -0.456 e. The SMILES string of the molecule is Cn1ccnc1-c1cc2nccc(Oc3ccc4c(C(=O)NCCN5CCCC5)cccc4c3)c2s1. The van der Waals surface area contributed by atoms with Crippen LogP contribution in [0.4, 0.5) is 0 Å². The third-order valence-corrected chi connectivity index (χ3v) is 7.79. The van der Waals surface area contributed by atoms with Gasteiger partial charge in [-0.15, -0.1) is 11.3 Å². The highest BCUT2D eigenvalue weighted by Gasteiger charge is 2.15. The molecule has 5 aromatic rings. The van der Waals surface area contributed by atoms with Gasteiger partial charge >= 0.3 is 0 Å². The van der Waals surface area contributed by atoms with Gasteiger partial charge in [0.15, 0.2) is 0 Å². The van der Waals surface area contributed by atoms with E-state index in [1.54, 1.807) is 23.7 Å². The van der Waals surface area contributed by atoms with Crippen LogP contribution in [0.15, 0.2) is 67.1 Å². The van der Waals surface area contributed by atoms with Crippen LogP contribution in [0.3, 0.4) is 0 Å². The van der Waals surface area contributed by atoms with Gasteiger partial charge in [0.2, 0.25) is 0 Å². The van der Waals surface area contributed by atoms with Gasteiger partial charge in [-0.25, -0.2) is 4.98 Å². The lowest BCUT2D eigenvalue weighted by Crippen LogP contribution is -2.33. The molecule has 1 aliphatic heterocycles. The first-order valence-electron chi connectivity index (χ1n) is 12.2. The summed E-state index contributed by atoms with van der Waals surface area (Å²) < 4.78 is 9.29. The van der Waals surface area contributed by atoms with Crippen molar-refractivity contribution in [1.82, 2.24) is 24.8 Å². The average Bonchev–Trinajstić information content (AvgIpc) is 3.65. The number of amides is 1. The first kappa shape index (κ1) is 22.7. The summed E-state index contributed by atoms with van der Waals surface area (Å²) in [6.45, 7) is 3.83. The van der Waals surface area contributed by atoms with Crippen molar-refractivity contribution in [2.45, 2.75) is 12.8 Å². The number of hydrogen-bond acceptors (Lipinski definition) is 6. The number of nitrogens with one attached hydrogen (secondary N) is 1. The Morgan fingerprint density at radius 1 is 1.08 bits per heavy atom. The maximum atomic E-state index is 12.9. The van der Waals surface area contributed by atoms with Gasteiger partial charge in [0.1, 0.15) is 17.3 Å². The second-order valence-corrected chi connectivity index (χ2v) is 10.1. The minimum absolute atomic E-state index is 0.0373. The maximum Gasteiger partial charge on any atom is 0.251 e. The Kier molecular flexibility index (Phi) is 6.13. The molecule has 2 aromatic carbocycles. The molecule has 4 heterocycles. The summed E-state index contributed by atoms with van der Waals surface area (Å²) in [5.74, 6) is 2.33. The van der Waals surface area contributed by atoms with Crippen LogP contribution >= 0.6 is 11.3 Å². The smallest absolute Gasteiger partial charge is 0.251 e. The quantitative estimate of drug-likeness (QED) is 0.323. The largest absolute Gasteiger partial charge is 0.456 e. The van der Waals surface area contributed by atoms with Crippen molar-refractivity contribution in [3.8, 4) is 22.2 Å². The molecule has 6 rings (SSSR count). The molecule has 0 bridgehead atoms. The minimum atomic E-state index is -0.0373. The fourth-order valence-corrected chi connectivity index (χ4v) is 5.89. The van der Waals surface area contributed by atoms with Crippen LogP contribution in [0.25, 0.3) is 31.7 Å². The Morgan fingerprint density at radius 3 is 2.81 bits per heavy atom. The number of imidazole rings is 1. The summed E-state index contributed by atoms with van der Waals surface area (Å²) in [7, 11) is 1.98. The number of carbonyl (C=O) groups excluding carboxylic acids is 1. The van der Waals surface area contributed by atoms with E-state index in [1.165, 1.54) is 12.8 Å². The zero-order valence-electron chi connectivity index (χ0n) is 20.1. The van der Waals surface area contributed by atoms with Gasteiger partial charge in [0.25, 0.3) is 5.91 Å². The third kappa shape index (κ3) is 4.45. The van der Waals surface area contributed by atoms with Crippen molar-refractivity contribution in [1.29, 1.82) is 0 Å². The molecule has 7 nitrogen and oxygen atoms in total. The Balaban J connectivity index is 1.23. The van der Waals surface area contributed by atoms with Crippen molar-refractivity contribution in [3.05, 3.63) is 72.7 Å². The molecule has 0 saturated carbocycles. The van der Waals surface area contributed by atoms with E-state index in [1.807, 2.05) is 66.3 Å². The molecule has 1 saturated heterocycles. The van der Waals surface area contributed by atoms with Crippen LogP contribution in [0.1, 0.15) is 23.2 Å². The molecule has 0 aliphatic carbocycles. The van der Waals surface area contributed by atoms with E-state index in [0.29, 0.717) is 17.9 Å². The number of benzene rings is 2. The van der Waals surface area contributed by atoms with E-state index >= 15 is 0 Å². The van der Waals surface area contributed by atoms with Crippen LogP contribution in [-0.4, -0.2) is 51.5 Å². The molecular formula is C28H27N5O2S. The van der Waals surface area contributed by atoms with Crippen LogP contribution in [0, 0.1) is 0 Å². The second-order valence-electron chi connectivity index (χ2n) is 9.09. The number of hydrogen-bond donors (Lipinski definition) is 1. The molecule has 1 N–H and O–H groups in total. The van der Waals surface area contributed by atoms with Crippen molar-refractivity contribution in [3.63, 3.8) is 0 Å². The van der Waals surface area contributed by atoms with E-state index < -0.39 is 0 Å². The normalized spacial score (nSPS) is 14.0. The molecule has 1 amide bonds. The van der Waals surface area contributed by atoms with Crippen molar-refractivity contribution in [2.24, 2.45) is 7.05 Å². The van der Waals surface area contributed by atoms with Gasteiger partial charge in [-0.1, -0.05) is 12.1 Å². The van der Waals surface area contributed by atoms with Gasteiger partial charge in [-0.05, 0) is 67.0 Å². The van der Waals surface area contributed by atoms with E-state index in [-0.39, 0.29) is 5.91 Å². The van der Waals surface area contributed by atoms with Gasteiger partial charge in [0.05, 0.1) is 15.1 Å². The molecule has 0 unspecified atom stereocenters. The summed E-state index contributed by atoms with van der Waals surface area (Å²) >= 11 is 1.61. The molecule has 36 heavy (non-hydrogen) atoms. The predicted octanol–water partition coefficient (Wildman–Crippen LogP) is 5.47. The standard InChI is InChI=1S/C28H27N5O2S/c1-32-15-11-30-27(32)25-18-23-26(36-25)24(9-10-29-23)35-20-7-8-21-19(17-20)5-4-6-22(21)28(34)31-12-16-33-13-2-3-14-33/h4-11,15,17-18H,2-3,12-14,16H2,1H3,(H,31,34). The topological polar surface area (TPSA) is 72.3 Å². The first-order chi connectivity index (χ1) is 17.7. The number of thiophene rings is 1. The lowest BCUT2D eigenvalue weighted by Gasteiger charge is -2.15. The number of carbonyl (C=O) groups is 1. The third-order valence-electron chi connectivity index (χ3n) is 6.65. The number of aromatic nitrogens is 3. The zero-order valence-corrected chi connectivity index (χ0v) is 20.9. The molecule has 182 valence electrons. The Bertz CT molecular complexity index is 1550. The lowest BCUT2D eigenvalue weighted by atomic mass is 10.0. The fourth-order valence-electron chi connectivity index (χ4n) is 4.79. The number of nitrogens with zero attached hydrogens (tertiary/aromatic N) is 4. The summed E-state index contributed by atoms with van der Waals surface area (Å²) in [6, 6.07) is 15.6. The highest BCUT2D eigenvalue weighted by Crippen LogP contribution is 2.39. The van der Waals surface area contributed by atoms with E-state index in [2.05, 4.69) is 20.2 Å². The highest BCUT2D eigenvalue weighted by molar-refractivity contribution is 7.22. The zero-order chi connectivity index (χ0) is 24.5. The van der Waals surface area contributed by atoms with Gasteiger partial charge in [-0.3, -0.25) is 9.78 Å². The number of rotatable bonds is 7. The molecule has 8 heteroatoms. The maximum absolute atomic E-state index is 12.9. The summed E-state index contributed by atoms with van der Waals surface area (Å²) in [6.07, 6.45) is 8.00. The molecule has 1 aliphatic rings. The van der Waals surface area contributed by atoms with Crippen LogP contribution in [0.5, 0.6) is 11.5 Å². The Morgan fingerprint density at radius 2 is 1.97 bits per heavy atom. The predicted molar refractivity (Wildman–Crippen MR) is 144 cm³/mol. The van der Waals surface area contributed by atoms with Crippen molar-refractivity contribution < 1.29 is 9.53 Å².